The highest BCUT2D eigenvalue weighted by Crippen LogP contribution is 2.11. The van der Waals surface area contributed by atoms with Crippen LogP contribution in [0.3, 0.4) is 0 Å². The van der Waals surface area contributed by atoms with Crippen LogP contribution in [-0.2, 0) is 14.3 Å². The molecule has 82 valence electrons. The quantitative estimate of drug-likeness (QED) is 0.648. The van der Waals surface area contributed by atoms with Gasteiger partial charge in [-0.2, -0.15) is 0 Å². The minimum atomic E-state index is -1.20. The molecule has 0 radical (unpaired) electrons. The van der Waals surface area contributed by atoms with E-state index in [1.165, 1.54) is 0 Å². The lowest BCUT2D eigenvalue weighted by Crippen LogP contribution is -2.28. The van der Waals surface area contributed by atoms with E-state index in [0.717, 1.165) is 0 Å². The number of rotatable bonds is 4. The molecule has 1 unspecified atom stereocenters. The number of carbonyl (C=O) groups excluding carboxylic acids is 1. The van der Waals surface area contributed by atoms with Crippen molar-refractivity contribution in [3.8, 4) is 0 Å². The summed E-state index contributed by atoms with van der Waals surface area (Å²) in [5, 5.41) is 17.2. The van der Waals surface area contributed by atoms with Crippen LogP contribution in [0.5, 0.6) is 0 Å². The molecule has 0 fully saturated rings. The van der Waals surface area contributed by atoms with E-state index in [0.29, 0.717) is 0 Å². The molecule has 5 heteroatoms. The number of aliphatic hydroxyl groups is 1. The Kier molecular flexibility index (Phi) is 4.56. The summed E-state index contributed by atoms with van der Waals surface area (Å²) >= 11 is 0. The monoisotopic (exact) mass is 204 g/mol. The maximum Gasteiger partial charge on any atom is 0.309 e. The van der Waals surface area contributed by atoms with Crippen LogP contribution in [0.1, 0.15) is 27.2 Å². The topological polar surface area (TPSA) is 83.8 Å². The van der Waals surface area contributed by atoms with E-state index in [4.69, 9.17) is 14.9 Å². The second kappa shape index (κ2) is 4.95. The van der Waals surface area contributed by atoms with Crippen LogP contribution in [0.25, 0.3) is 0 Å². The van der Waals surface area contributed by atoms with Gasteiger partial charge in [-0.25, -0.2) is 0 Å². The Bertz CT molecular complexity index is 216. The molecule has 0 aliphatic heterocycles. The Morgan fingerprint density at radius 1 is 1.36 bits per heavy atom. The van der Waals surface area contributed by atoms with Crippen molar-refractivity contribution >= 4 is 11.9 Å². The molecule has 14 heavy (non-hydrogen) atoms. The van der Waals surface area contributed by atoms with Gasteiger partial charge in [0.1, 0.15) is 5.60 Å². The largest absolute Gasteiger partial charge is 0.481 e. The summed E-state index contributed by atoms with van der Waals surface area (Å²) in [6, 6.07) is 0. The van der Waals surface area contributed by atoms with Crippen molar-refractivity contribution in [1.29, 1.82) is 0 Å². The Morgan fingerprint density at radius 3 is 2.14 bits per heavy atom. The van der Waals surface area contributed by atoms with Crippen molar-refractivity contribution in [1.82, 2.24) is 0 Å². The Hall–Kier alpha value is -1.10. The first-order valence-electron chi connectivity index (χ1n) is 4.32. The average molecular weight is 204 g/mol. The molecule has 5 nitrogen and oxygen atoms in total. The van der Waals surface area contributed by atoms with E-state index >= 15 is 0 Å². The zero-order chi connectivity index (χ0) is 11.4. The first-order valence-corrected chi connectivity index (χ1v) is 4.32. The molecule has 0 aliphatic rings. The van der Waals surface area contributed by atoms with Gasteiger partial charge in [0.05, 0.1) is 18.9 Å². The standard InChI is InChI=1S/C9H16O5/c1-9(2,3)14-7(11)4-6(5-10)8(12)13/h6,10H,4-5H2,1-3H3,(H,12,13). The van der Waals surface area contributed by atoms with Gasteiger partial charge in [0.15, 0.2) is 0 Å². The summed E-state index contributed by atoms with van der Waals surface area (Å²) in [7, 11) is 0. The molecule has 0 aromatic heterocycles. The molecule has 0 aromatic carbocycles. The van der Waals surface area contributed by atoms with Crippen LogP contribution in [0.15, 0.2) is 0 Å². The van der Waals surface area contributed by atoms with E-state index in [2.05, 4.69) is 0 Å². The lowest BCUT2D eigenvalue weighted by Gasteiger charge is -2.20. The highest BCUT2D eigenvalue weighted by Gasteiger charge is 2.24. The van der Waals surface area contributed by atoms with Crippen molar-refractivity contribution in [2.45, 2.75) is 32.8 Å². The third-order valence-electron chi connectivity index (χ3n) is 1.40. The van der Waals surface area contributed by atoms with Gasteiger partial charge >= 0.3 is 11.9 Å². The predicted octanol–water partition coefficient (Wildman–Crippen LogP) is 0.411. The maximum atomic E-state index is 11.1. The predicted molar refractivity (Wildman–Crippen MR) is 48.7 cm³/mol. The normalized spacial score (nSPS) is 13.4. The number of hydrogen-bond donors (Lipinski definition) is 2. The summed E-state index contributed by atoms with van der Waals surface area (Å²) in [6.07, 6.45) is -0.302. The van der Waals surface area contributed by atoms with Crippen LogP contribution in [0.2, 0.25) is 0 Å². The summed E-state index contributed by atoms with van der Waals surface area (Å²) in [5.41, 5.74) is -0.629. The molecule has 0 saturated heterocycles. The third kappa shape index (κ3) is 5.53. The van der Waals surface area contributed by atoms with E-state index < -0.39 is 30.1 Å². The molecule has 0 heterocycles. The van der Waals surface area contributed by atoms with E-state index in [-0.39, 0.29) is 6.42 Å². The van der Waals surface area contributed by atoms with Crippen molar-refractivity contribution in [3.63, 3.8) is 0 Å². The molecule has 0 amide bonds. The van der Waals surface area contributed by atoms with Gasteiger partial charge in [-0.15, -0.1) is 0 Å². The third-order valence-corrected chi connectivity index (χ3v) is 1.40. The van der Waals surface area contributed by atoms with Crippen molar-refractivity contribution in [3.05, 3.63) is 0 Å². The zero-order valence-electron chi connectivity index (χ0n) is 8.61. The Balaban J connectivity index is 4.11. The Labute approximate surface area is 82.7 Å². The molecule has 0 saturated carbocycles. The summed E-state index contributed by atoms with van der Waals surface area (Å²) < 4.78 is 4.91. The number of carbonyl (C=O) groups is 2. The maximum absolute atomic E-state index is 11.1. The molecule has 0 aliphatic carbocycles. The highest BCUT2D eigenvalue weighted by atomic mass is 16.6. The molecular formula is C9H16O5. The lowest BCUT2D eigenvalue weighted by molar-refractivity contribution is -0.160. The first-order chi connectivity index (χ1) is 6.26. The second-order valence-electron chi connectivity index (χ2n) is 4.01. The van der Waals surface area contributed by atoms with Gasteiger partial charge in [0, 0.05) is 0 Å². The van der Waals surface area contributed by atoms with Crippen LogP contribution in [-0.4, -0.2) is 34.4 Å². The number of esters is 1. The van der Waals surface area contributed by atoms with Crippen LogP contribution < -0.4 is 0 Å². The van der Waals surface area contributed by atoms with Crippen LogP contribution >= 0.6 is 0 Å². The van der Waals surface area contributed by atoms with Gasteiger partial charge in [-0.3, -0.25) is 9.59 Å². The smallest absolute Gasteiger partial charge is 0.309 e. The molecular weight excluding hydrogens is 188 g/mol. The molecule has 0 spiro atoms. The highest BCUT2D eigenvalue weighted by molar-refractivity contribution is 5.79. The van der Waals surface area contributed by atoms with E-state index in [1.54, 1.807) is 20.8 Å². The average Bonchev–Trinajstić information content (AvgIpc) is 1.96. The van der Waals surface area contributed by atoms with Gasteiger partial charge in [-0.05, 0) is 20.8 Å². The lowest BCUT2D eigenvalue weighted by atomic mass is 10.1. The number of hydrogen-bond acceptors (Lipinski definition) is 4. The van der Waals surface area contributed by atoms with Crippen LogP contribution in [0, 0.1) is 5.92 Å². The van der Waals surface area contributed by atoms with Gasteiger partial charge in [0.2, 0.25) is 0 Å². The molecule has 1 atom stereocenters. The van der Waals surface area contributed by atoms with Crippen molar-refractivity contribution in [2.24, 2.45) is 5.92 Å². The summed E-state index contributed by atoms with van der Waals surface area (Å²) in [4.78, 5) is 21.6. The number of aliphatic hydroxyl groups excluding tert-OH is 1. The van der Waals surface area contributed by atoms with Gasteiger partial charge < -0.3 is 14.9 Å². The minimum Gasteiger partial charge on any atom is -0.481 e. The summed E-state index contributed by atoms with van der Waals surface area (Å²) in [5.74, 6) is -2.89. The van der Waals surface area contributed by atoms with E-state index in [1.807, 2.05) is 0 Å². The Morgan fingerprint density at radius 2 is 1.86 bits per heavy atom. The molecule has 0 aromatic rings. The number of aliphatic carboxylic acids is 1. The van der Waals surface area contributed by atoms with Crippen LogP contribution in [0.4, 0.5) is 0 Å². The number of carboxylic acids is 1. The fraction of sp³-hybridized carbons (Fsp3) is 0.778. The van der Waals surface area contributed by atoms with E-state index in [9.17, 15) is 9.59 Å². The second-order valence-corrected chi connectivity index (χ2v) is 4.01. The minimum absolute atomic E-state index is 0.302. The number of ether oxygens (including phenoxy) is 1. The van der Waals surface area contributed by atoms with Crippen molar-refractivity contribution < 1.29 is 24.5 Å². The SMILES string of the molecule is CC(C)(C)OC(=O)CC(CO)C(=O)O. The summed E-state index contributed by atoms with van der Waals surface area (Å²) in [6.45, 7) is 4.52. The zero-order valence-corrected chi connectivity index (χ0v) is 8.61. The molecule has 2 N–H and O–H groups in total. The van der Waals surface area contributed by atoms with Gasteiger partial charge in [-0.1, -0.05) is 0 Å². The molecule has 0 rings (SSSR count). The van der Waals surface area contributed by atoms with Crippen molar-refractivity contribution in [2.75, 3.05) is 6.61 Å². The number of carboxylic acid groups (broad SMARTS) is 1. The first kappa shape index (κ1) is 12.9. The van der Waals surface area contributed by atoms with Gasteiger partial charge in [0.25, 0.3) is 0 Å². The molecule has 0 bridgehead atoms. The fourth-order valence-corrected chi connectivity index (χ4v) is 0.814. The fourth-order valence-electron chi connectivity index (χ4n) is 0.814.